The molecule has 0 spiro atoms. The van der Waals surface area contributed by atoms with E-state index in [1.807, 2.05) is 4.90 Å². The van der Waals surface area contributed by atoms with Crippen molar-refractivity contribution in [2.45, 2.75) is 25.7 Å². The minimum atomic E-state index is -0.333. The highest BCUT2D eigenvalue weighted by Crippen LogP contribution is 2.31. The number of carbonyl (C=O) groups is 4. The van der Waals surface area contributed by atoms with Crippen LogP contribution >= 0.6 is 0 Å². The summed E-state index contributed by atoms with van der Waals surface area (Å²) in [5.74, 6) is -0.329. The quantitative estimate of drug-likeness (QED) is 0.746. The number of hydrogen-bond donors (Lipinski definition) is 0. The lowest BCUT2D eigenvalue weighted by atomic mass is 10.1. The summed E-state index contributed by atoms with van der Waals surface area (Å²) in [7, 11) is 0. The molecule has 0 aromatic heterocycles. The van der Waals surface area contributed by atoms with Crippen molar-refractivity contribution >= 4 is 23.6 Å². The van der Waals surface area contributed by atoms with Crippen LogP contribution in [0.2, 0.25) is 0 Å². The van der Waals surface area contributed by atoms with Crippen molar-refractivity contribution in [1.29, 1.82) is 0 Å². The van der Waals surface area contributed by atoms with Crippen LogP contribution in [0.3, 0.4) is 0 Å². The van der Waals surface area contributed by atoms with Gasteiger partial charge in [-0.1, -0.05) is 12.1 Å². The van der Waals surface area contributed by atoms with Crippen molar-refractivity contribution in [3.8, 4) is 0 Å². The van der Waals surface area contributed by atoms with E-state index in [0.29, 0.717) is 37.3 Å². The minimum Gasteiger partial charge on any atom is -0.341 e. The predicted octanol–water partition coefficient (Wildman–Crippen LogP) is 1.14. The van der Waals surface area contributed by atoms with E-state index >= 15 is 0 Å². The van der Waals surface area contributed by atoms with Gasteiger partial charge in [-0.15, -0.1) is 0 Å². The van der Waals surface area contributed by atoms with Crippen LogP contribution < -0.4 is 0 Å². The molecule has 0 N–H and O–H groups in total. The van der Waals surface area contributed by atoms with Gasteiger partial charge in [-0.25, -0.2) is 0 Å². The van der Waals surface area contributed by atoms with Crippen molar-refractivity contribution in [1.82, 2.24) is 14.7 Å². The maximum absolute atomic E-state index is 12.6. The third kappa shape index (κ3) is 3.46. The fraction of sp³-hybridized carbons (Fsp3) is 0.500. The number of benzene rings is 1. The third-order valence-corrected chi connectivity index (χ3v) is 5.51. The molecule has 1 aromatic carbocycles. The molecule has 27 heavy (non-hydrogen) atoms. The molecule has 0 atom stereocenters. The molecule has 2 heterocycles. The number of carbonyl (C=O) groups excluding carboxylic acids is 4. The van der Waals surface area contributed by atoms with Crippen LogP contribution in [-0.4, -0.2) is 71.1 Å². The standard InChI is InChI=1S/C20H23N3O4/c24-17(21-9-3-10-22(13-12-21)18(25)14-6-7-14)8-11-23-19(26)15-4-1-2-5-16(15)20(23)27/h1-2,4-5,14H,3,6-13H2. The molecule has 2 aliphatic heterocycles. The second-order valence-corrected chi connectivity index (χ2v) is 7.39. The fourth-order valence-corrected chi connectivity index (χ4v) is 3.78. The smallest absolute Gasteiger partial charge is 0.261 e. The zero-order valence-electron chi connectivity index (χ0n) is 15.2. The maximum atomic E-state index is 12.6. The summed E-state index contributed by atoms with van der Waals surface area (Å²) in [6, 6.07) is 6.73. The Labute approximate surface area is 157 Å². The zero-order valence-corrected chi connectivity index (χ0v) is 15.2. The highest BCUT2D eigenvalue weighted by molar-refractivity contribution is 6.21. The Bertz CT molecular complexity index is 767. The van der Waals surface area contributed by atoms with E-state index < -0.39 is 0 Å². The molecule has 7 heteroatoms. The zero-order chi connectivity index (χ0) is 19.0. The molecule has 4 rings (SSSR count). The van der Waals surface area contributed by atoms with Crippen LogP contribution in [0.4, 0.5) is 0 Å². The summed E-state index contributed by atoms with van der Waals surface area (Å²) in [6.45, 7) is 2.47. The van der Waals surface area contributed by atoms with Crippen LogP contribution in [-0.2, 0) is 9.59 Å². The first kappa shape index (κ1) is 17.7. The average molecular weight is 369 g/mol. The van der Waals surface area contributed by atoms with Gasteiger partial charge in [-0.2, -0.15) is 0 Å². The van der Waals surface area contributed by atoms with Crippen molar-refractivity contribution in [2.75, 3.05) is 32.7 Å². The summed E-state index contributed by atoms with van der Waals surface area (Å²) < 4.78 is 0. The summed E-state index contributed by atoms with van der Waals surface area (Å²) in [4.78, 5) is 54.3. The summed E-state index contributed by atoms with van der Waals surface area (Å²) in [6.07, 6.45) is 2.84. The SMILES string of the molecule is O=C(CCN1C(=O)c2ccccc2C1=O)N1CCCN(C(=O)C2CC2)CC1. The van der Waals surface area contributed by atoms with Gasteiger partial charge in [0.25, 0.3) is 11.8 Å². The van der Waals surface area contributed by atoms with Gasteiger partial charge in [-0.05, 0) is 31.4 Å². The van der Waals surface area contributed by atoms with Crippen LogP contribution in [0.15, 0.2) is 24.3 Å². The van der Waals surface area contributed by atoms with Gasteiger partial charge in [0.05, 0.1) is 11.1 Å². The Kier molecular flexibility index (Phi) is 4.68. The number of nitrogens with zero attached hydrogens (tertiary/aromatic N) is 3. The predicted molar refractivity (Wildman–Crippen MR) is 96.9 cm³/mol. The van der Waals surface area contributed by atoms with E-state index in [0.717, 1.165) is 24.2 Å². The number of fused-ring (bicyclic) bond motifs is 1. The van der Waals surface area contributed by atoms with E-state index in [-0.39, 0.29) is 42.5 Å². The Morgan fingerprint density at radius 3 is 2.11 bits per heavy atom. The normalized spacial score (nSPS) is 19.9. The van der Waals surface area contributed by atoms with Gasteiger partial charge in [0.15, 0.2) is 0 Å². The van der Waals surface area contributed by atoms with Crippen LogP contribution in [0.1, 0.15) is 46.4 Å². The number of imide groups is 1. The third-order valence-electron chi connectivity index (χ3n) is 5.51. The molecule has 0 bridgehead atoms. The van der Waals surface area contributed by atoms with Gasteiger partial charge in [-0.3, -0.25) is 24.1 Å². The Morgan fingerprint density at radius 1 is 0.889 bits per heavy atom. The van der Waals surface area contributed by atoms with E-state index in [1.165, 1.54) is 0 Å². The molecule has 3 aliphatic rings. The molecule has 142 valence electrons. The van der Waals surface area contributed by atoms with E-state index in [4.69, 9.17) is 0 Å². The first-order chi connectivity index (χ1) is 13.1. The van der Waals surface area contributed by atoms with Gasteiger partial charge in [0.1, 0.15) is 0 Å². The second-order valence-electron chi connectivity index (χ2n) is 7.39. The van der Waals surface area contributed by atoms with Gasteiger partial charge >= 0.3 is 0 Å². The minimum absolute atomic E-state index is 0.0766. The van der Waals surface area contributed by atoms with Crippen molar-refractivity contribution < 1.29 is 19.2 Å². The molecule has 1 aliphatic carbocycles. The molecule has 7 nitrogen and oxygen atoms in total. The highest BCUT2D eigenvalue weighted by atomic mass is 16.2. The summed E-state index contributed by atoms with van der Waals surface area (Å²) in [5.41, 5.74) is 0.804. The molecule has 0 radical (unpaired) electrons. The number of amides is 4. The largest absolute Gasteiger partial charge is 0.341 e. The summed E-state index contributed by atoms with van der Waals surface area (Å²) in [5, 5.41) is 0. The molecular formula is C20H23N3O4. The van der Waals surface area contributed by atoms with Crippen molar-refractivity contribution in [2.24, 2.45) is 5.92 Å². The van der Waals surface area contributed by atoms with E-state index in [9.17, 15) is 19.2 Å². The molecular weight excluding hydrogens is 346 g/mol. The highest BCUT2D eigenvalue weighted by Gasteiger charge is 2.36. The van der Waals surface area contributed by atoms with Crippen LogP contribution in [0.25, 0.3) is 0 Å². The number of hydrogen-bond acceptors (Lipinski definition) is 4. The van der Waals surface area contributed by atoms with E-state index in [1.54, 1.807) is 29.2 Å². The van der Waals surface area contributed by atoms with Gasteiger partial charge < -0.3 is 9.80 Å². The summed E-state index contributed by atoms with van der Waals surface area (Å²) >= 11 is 0. The van der Waals surface area contributed by atoms with Gasteiger partial charge in [0, 0.05) is 45.1 Å². The lowest BCUT2D eigenvalue weighted by Gasteiger charge is -2.23. The molecule has 2 fully saturated rings. The Balaban J connectivity index is 1.31. The van der Waals surface area contributed by atoms with Crippen molar-refractivity contribution in [3.63, 3.8) is 0 Å². The fourth-order valence-electron chi connectivity index (χ4n) is 3.78. The Hall–Kier alpha value is -2.70. The van der Waals surface area contributed by atoms with E-state index in [2.05, 4.69) is 0 Å². The Morgan fingerprint density at radius 2 is 1.48 bits per heavy atom. The molecule has 0 unspecified atom stereocenters. The van der Waals surface area contributed by atoms with Crippen LogP contribution in [0.5, 0.6) is 0 Å². The van der Waals surface area contributed by atoms with Gasteiger partial charge in [0.2, 0.25) is 11.8 Å². The first-order valence-corrected chi connectivity index (χ1v) is 9.58. The lowest BCUT2D eigenvalue weighted by Crippen LogP contribution is -2.39. The topological polar surface area (TPSA) is 78.0 Å². The molecule has 1 saturated carbocycles. The monoisotopic (exact) mass is 369 g/mol. The molecule has 1 saturated heterocycles. The molecule has 4 amide bonds. The number of rotatable bonds is 4. The van der Waals surface area contributed by atoms with Crippen LogP contribution in [0, 0.1) is 5.92 Å². The average Bonchev–Trinajstić information content (AvgIpc) is 3.51. The second kappa shape index (κ2) is 7.13. The lowest BCUT2D eigenvalue weighted by molar-refractivity contribution is -0.134. The van der Waals surface area contributed by atoms with Crippen molar-refractivity contribution in [3.05, 3.63) is 35.4 Å². The first-order valence-electron chi connectivity index (χ1n) is 9.58. The molecule has 1 aromatic rings. The maximum Gasteiger partial charge on any atom is 0.261 e.